The molecule has 90 valence electrons. The minimum Gasteiger partial charge on any atom is -0.361 e. The normalized spacial score (nSPS) is 10.7. The number of H-pyrrole nitrogens is 1. The number of nitrogens with zero attached hydrogens (tertiary/aromatic N) is 2. The van der Waals surface area contributed by atoms with Crippen LogP contribution in [-0.2, 0) is 0 Å². The molecule has 1 aromatic carbocycles. The zero-order valence-electron chi connectivity index (χ0n) is 9.60. The summed E-state index contributed by atoms with van der Waals surface area (Å²) >= 11 is 0. The number of imidazole rings is 1. The average molecular weight is 242 g/mol. The van der Waals surface area contributed by atoms with Gasteiger partial charge in [-0.2, -0.15) is 0 Å². The van der Waals surface area contributed by atoms with E-state index in [0.29, 0.717) is 17.3 Å². The van der Waals surface area contributed by atoms with E-state index in [1.54, 1.807) is 6.92 Å². The van der Waals surface area contributed by atoms with Crippen molar-refractivity contribution < 1.29 is 9.32 Å². The van der Waals surface area contributed by atoms with E-state index in [4.69, 9.17) is 4.52 Å². The number of aryl methyl sites for hydroxylation is 1. The number of fused-ring (bicyclic) bond motifs is 1. The van der Waals surface area contributed by atoms with Gasteiger partial charge in [0.2, 0.25) is 5.95 Å². The van der Waals surface area contributed by atoms with Gasteiger partial charge in [0.05, 0.1) is 17.2 Å². The van der Waals surface area contributed by atoms with Gasteiger partial charge in [0.25, 0.3) is 5.91 Å². The number of aromatic amines is 1. The highest BCUT2D eigenvalue weighted by Gasteiger charge is 2.14. The number of hydrogen-bond acceptors (Lipinski definition) is 4. The second-order valence-corrected chi connectivity index (χ2v) is 3.85. The van der Waals surface area contributed by atoms with Gasteiger partial charge < -0.3 is 9.51 Å². The number of hydrogen-bond donors (Lipinski definition) is 2. The highest BCUT2D eigenvalue weighted by Crippen LogP contribution is 2.14. The first-order valence-electron chi connectivity index (χ1n) is 5.41. The molecule has 0 aliphatic heterocycles. The minimum atomic E-state index is -0.298. The molecule has 6 nitrogen and oxygen atoms in total. The van der Waals surface area contributed by atoms with Crippen molar-refractivity contribution in [1.29, 1.82) is 0 Å². The summed E-state index contributed by atoms with van der Waals surface area (Å²) in [5, 5.41) is 6.23. The minimum absolute atomic E-state index is 0.298. The van der Waals surface area contributed by atoms with Crippen molar-refractivity contribution in [2.75, 3.05) is 5.32 Å². The molecule has 1 amide bonds. The van der Waals surface area contributed by atoms with Crippen LogP contribution in [0.2, 0.25) is 0 Å². The molecule has 2 heterocycles. The van der Waals surface area contributed by atoms with Gasteiger partial charge in [0.1, 0.15) is 11.3 Å². The Balaban J connectivity index is 1.88. The summed E-state index contributed by atoms with van der Waals surface area (Å²) < 4.78 is 4.84. The number of para-hydroxylation sites is 2. The molecule has 2 N–H and O–H groups in total. The molecular formula is C12H10N4O2. The molecule has 0 unspecified atom stereocenters. The predicted octanol–water partition coefficient (Wildman–Crippen LogP) is 2.11. The third-order valence-corrected chi connectivity index (χ3v) is 2.62. The highest BCUT2D eigenvalue weighted by molar-refractivity contribution is 6.04. The fourth-order valence-electron chi connectivity index (χ4n) is 1.70. The predicted molar refractivity (Wildman–Crippen MR) is 65.3 cm³/mol. The molecular weight excluding hydrogens is 232 g/mol. The molecule has 0 radical (unpaired) electrons. The van der Waals surface area contributed by atoms with Gasteiger partial charge in [-0.15, -0.1) is 0 Å². The summed E-state index contributed by atoms with van der Waals surface area (Å²) in [6.45, 7) is 1.68. The molecule has 0 saturated carbocycles. The topological polar surface area (TPSA) is 83.8 Å². The molecule has 0 spiro atoms. The Morgan fingerprint density at radius 1 is 1.39 bits per heavy atom. The standard InChI is InChI=1S/C12H10N4O2/c1-7-8(6-13-18-7)11(17)16-12-14-9-4-2-3-5-10(9)15-12/h2-6H,1H3,(H2,14,15,16,17). The number of carbonyl (C=O) groups is 1. The lowest BCUT2D eigenvalue weighted by Crippen LogP contribution is -2.13. The fourth-order valence-corrected chi connectivity index (χ4v) is 1.70. The van der Waals surface area contributed by atoms with Crippen LogP contribution in [0.3, 0.4) is 0 Å². The van der Waals surface area contributed by atoms with Crippen LogP contribution < -0.4 is 5.32 Å². The lowest BCUT2D eigenvalue weighted by atomic mass is 10.2. The molecule has 0 fully saturated rings. The van der Waals surface area contributed by atoms with E-state index in [-0.39, 0.29) is 5.91 Å². The number of amides is 1. The quantitative estimate of drug-likeness (QED) is 0.720. The van der Waals surface area contributed by atoms with Gasteiger partial charge in [-0.05, 0) is 19.1 Å². The Kier molecular flexibility index (Phi) is 2.33. The molecule has 0 atom stereocenters. The molecule has 18 heavy (non-hydrogen) atoms. The van der Waals surface area contributed by atoms with E-state index in [2.05, 4.69) is 20.4 Å². The van der Waals surface area contributed by atoms with Crippen LogP contribution in [0, 0.1) is 6.92 Å². The lowest BCUT2D eigenvalue weighted by Gasteiger charge is -1.98. The molecule has 3 rings (SSSR count). The zero-order valence-corrected chi connectivity index (χ0v) is 9.60. The molecule has 0 aliphatic rings. The van der Waals surface area contributed by atoms with Crippen molar-refractivity contribution in [1.82, 2.24) is 15.1 Å². The zero-order chi connectivity index (χ0) is 12.5. The monoisotopic (exact) mass is 242 g/mol. The van der Waals surface area contributed by atoms with E-state index in [0.717, 1.165) is 11.0 Å². The van der Waals surface area contributed by atoms with Crippen LogP contribution in [0.4, 0.5) is 5.95 Å². The maximum absolute atomic E-state index is 11.9. The molecule has 6 heteroatoms. The SMILES string of the molecule is Cc1oncc1C(=O)Nc1nc2ccccc2[nH]1. The molecule has 0 bridgehead atoms. The van der Waals surface area contributed by atoms with E-state index in [9.17, 15) is 4.79 Å². The average Bonchev–Trinajstić information content (AvgIpc) is 2.94. The first kappa shape index (κ1) is 10.5. The van der Waals surface area contributed by atoms with Crippen LogP contribution in [0.25, 0.3) is 11.0 Å². The largest absolute Gasteiger partial charge is 0.361 e. The van der Waals surface area contributed by atoms with E-state index < -0.39 is 0 Å². The summed E-state index contributed by atoms with van der Waals surface area (Å²) in [4.78, 5) is 19.2. The second kappa shape index (κ2) is 3.99. The first-order chi connectivity index (χ1) is 8.74. The lowest BCUT2D eigenvalue weighted by molar-refractivity contribution is 0.102. The Morgan fingerprint density at radius 2 is 2.22 bits per heavy atom. The van der Waals surface area contributed by atoms with E-state index >= 15 is 0 Å². The second-order valence-electron chi connectivity index (χ2n) is 3.85. The van der Waals surface area contributed by atoms with Crippen LogP contribution in [-0.4, -0.2) is 21.0 Å². The summed E-state index contributed by atoms with van der Waals surface area (Å²) in [5.41, 5.74) is 2.07. The molecule has 0 aliphatic carbocycles. The molecule has 2 aromatic heterocycles. The molecule has 3 aromatic rings. The van der Waals surface area contributed by atoms with Gasteiger partial charge in [0, 0.05) is 0 Å². The van der Waals surface area contributed by atoms with Crippen LogP contribution >= 0.6 is 0 Å². The van der Waals surface area contributed by atoms with Gasteiger partial charge >= 0.3 is 0 Å². The highest BCUT2D eigenvalue weighted by atomic mass is 16.5. The van der Waals surface area contributed by atoms with E-state index in [1.807, 2.05) is 24.3 Å². The molecule has 0 saturated heterocycles. The smallest absolute Gasteiger partial charge is 0.263 e. The number of anilines is 1. The first-order valence-corrected chi connectivity index (χ1v) is 5.41. The van der Waals surface area contributed by atoms with Crippen LogP contribution in [0.15, 0.2) is 35.0 Å². The Labute approximate surface area is 102 Å². The summed E-state index contributed by atoms with van der Waals surface area (Å²) in [7, 11) is 0. The number of carbonyl (C=O) groups excluding carboxylic acids is 1. The van der Waals surface area contributed by atoms with Crippen molar-refractivity contribution in [3.05, 3.63) is 41.8 Å². The summed E-state index contributed by atoms with van der Waals surface area (Å²) in [6.07, 6.45) is 1.38. The number of benzene rings is 1. The summed E-state index contributed by atoms with van der Waals surface area (Å²) in [5.74, 6) is 0.582. The maximum atomic E-state index is 11.9. The van der Waals surface area contributed by atoms with Crippen LogP contribution in [0.1, 0.15) is 16.1 Å². The third-order valence-electron chi connectivity index (χ3n) is 2.62. The van der Waals surface area contributed by atoms with Gasteiger partial charge in [0.15, 0.2) is 0 Å². The number of aromatic nitrogens is 3. The number of rotatable bonds is 2. The van der Waals surface area contributed by atoms with Gasteiger partial charge in [-0.3, -0.25) is 10.1 Å². The number of nitrogens with one attached hydrogen (secondary N) is 2. The van der Waals surface area contributed by atoms with Crippen molar-refractivity contribution >= 4 is 22.9 Å². The van der Waals surface area contributed by atoms with Crippen molar-refractivity contribution in [3.63, 3.8) is 0 Å². The Bertz CT molecular complexity index is 681. The van der Waals surface area contributed by atoms with Crippen LogP contribution in [0.5, 0.6) is 0 Å². The maximum Gasteiger partial charge on any atom is 0.263 e. The van der Waals surface area contributed by atoms with Crippen molar-refractivity contribution in [2.45, 2.75) is 6.92 Å². The van der Waals surface area contributed by atoms with Crippen molar-refractivity contribution in [2.24, 2.45) is 0 Å². The van der Waals surface area contributed by atoms with Gasteiger partial charge in [-0.1, -0.05) is 17.3 Å². The van der Waals surface area contributed by atoms with Crippen molar-refractivity contribution in [3.8, 4) is 0 Å². The third kappa shape index (κ3) is 1.73. The summed E-state index contributed by atoms with van der Waals surface area (Å²) in [6, 6.07) is 7.55. The Hall–Kier alpha value is -2.63. The Morgan fingerprint density at radius 3 is 2.94 bits per heavy atom. The van der Waals surface area contributed by atoms with E-state index in [1.165, 1.54) is 6.20 Å². The fraction of sp³-hybridized carbons (Fsp3) is 0.0833. The van der Waals surface area contributed by atoms with Gasteiger partial charge in [-0.25, -0.2) is 4.98 Å².